The molecule has 0 saturated heterocycles. The predicted octanol–water partition coefficient (Wildman–Crippen LogP) is 0.956. The monoisotopic (exact) mass is 280 g/mol. The van der Waals surface area contributed by atoms with Crippen LogP contribution in [-0.4, -0.2) is 45.8 Å². The Balaban J connectivity index is 2.70. The van der Waals surface area contributed by atoms with Crippen LogP contribution in [-0.2, 0) is 14.3 Å². The smallest absolute Gasteiger partial charge is 0.253 e. The largest absolute Gasteiger partial charge is 0.382 e. The average Bonchev–Trinajstić information content (AvgIpc) is 2.43. The number of methoxy groups -OCH3 is 1. The van der Waals surface area contributed by atoms with Gasteiger partial charge in [-0.2, -0.15) is 0 Å². The molecule has 0 heterocycles. The lowest BCUT2D eigenvalue weighted by molar-refractivity contribution is -0.121. The van der Waals surface area contributed by atoms with Crippen LogP contribution >= 0.6 is 0 Å². The molecule has 0 radical (unpaired) electrons. The van der Waals surface area contributed by atoms with Crippen molar-refractivity contribution in [2.24, 2.45) is 0 Å². The summed E-state index contributed by atoms with van der Waals surface area (Å²) in [7, 11) is 3.11. The van der Waals surface area contributed by atoms with Gasteiger partial charge in [-0.1, -0.05) is 12.1 Å². The van der Waals surface area contributed by atoms with Crippen LogP contribution in [0.3, 0.4) is 0 Å². The third-order valence-electron chi connectivity index (χ3n) is 2.67. The zero-order chi connectivity index (χ0) is 15.0. The van der Waals surface area contributed by atoms with E-state index in [9.17, 15) is 9.59 Å². The number of carbonyl (C=O) groups excluding carboxylic acids is 2. The Morgan fingerprint density at radius 1 is 1.25 bits per heavy atom. The van der Waals surface area contributed by atoms with Gasteiger partial charge in [0.1, 0.15) is 6.61 Å². The Morgan fingerprint density at radius 2 is 2.00 bits per heavy atom. The first-order valence-corrected chi connectivity index (χ1v) is 6.28. The maximum Gasteiger partial charge on any atom is 0.253 e. The van der Waals surface area contributed by atoms with E-state index >= 15 is 0 Å². The van der Waals surface area contributed by atoms with Crippen molar-refractivity contribution >= 4 is 17.5 Å². The summed E-state index contributed by atoms with van der Waals surface area (Å²) in [5.41, 5.74) is 1.73. The predicted molar refractivity (Wildman–Crippen MR) is 75.9 cm³/mol. The minimum atomic E-state index is -0.308. The summed E-state index contributed by atoms with van der Waals surface area (Å²) in [6, 6.07) is 5.28. The third-order valence-corrected chi connectivity index (χ3v) is 2.67. The van der Waals surface area contributed by atoms with Gasteiger partial charge in [-0.15, -0.1) is 0 Å². The molecule has 1 rings (SSSR count). The van der Waals surface area contributed by atoms with Gasteiger partial charge in [0.25, 0.3) is 5.91 Å². The van der Waals surface area contributed by atoms with E-state index < -0.39 is 0 Å². The minimum Gasteiger partial charge on any atom is -0.382 e. The molecule has 2 N–H and O–H groups in total. The Morgan fingerprint density at radius 3 is 2.65 bits per heavy atom. The number of amides is 2. The minimum absolute atomic E-state index is 0.0789. The fourth-order valence-corrected chi connectivity index (χ4v) is 1.69. The first-order chi connectivity index (χ1) is 9.60. The molecule has 0 bridgehead atoms. The van der Waals surface area contributed by atoms with E-state index in [-0.39, 0.29) is 18.4 Å². The van der Waals surface area contributed by atoms with Crippen LogP contribution in [0, 0.1) is 6.92 Å². The van der Waals surface area contributed by atoms with E-state index in [1.165, 1.54) is 0 Å². The molecule has 0 aliphatic carbocycles. The first kappa shape index (κ1) is 16.1. The van der Waals surface area contributed by atoms with Gasteiger partial charge in [0.2, 0.25) is 5.91 Å². The van der Waals surface area contributed by atoms with Crippen LogP contribution < -0.4 is 10.6 Å². The van der Waals surface area contributed by atoms with E-state index in [0.717, 1.165) is 5.56 Å². The fourth-order valence-electron chi connectivity index (χ4n) is 1.69. The zero-order valence-corrected chi connectivity index (χ0v) is 12.0. The molecule has 20 heavy (non-hydrogen) atoms. The Labute approximate surface area is 118 Å². The quantitative estimate of drug-likeness (QED) is 0.729. The summed E-state index contributed by atoms with van der Waals surface area (Å²) < 4.78 is 9.94. The number of hydrogen-bond donors (Lipinski definition) is 2. The number of benzene rings is 1. The second-order valence-corrected chi connectivity index (χ2v) is 4.17. The third kappa shape index (κ3) is 4.64. The van der Waals surface area contributed by atoms with Crippen molar-refractivity contribution in [1.29, 1.82) is 0 Å². The molecule has 2 amide bonds. The number of anilines is 1. The van der Waals surface area contributed by atoms with Gasteiger partial charge in [0, 0.05) is 14.2 Å². The normalized spacial score (nSPS) is 10.2. The van der Waals surface area contributed by atoms with Crippen molar-refractivity contribution in [3.63, 3.8) is 0 Å². The van der Waals surface area contributed by atoms with Crippen LogP contribution in [0.25, 0.3) is 0 Å². The molecule has 1 aromatic rings. The van der Waals surface area contributed by atoms with Gasteiger partial charge in [-0.25, -0.2) is 0 Å². The Hall–Kier alpha value is -1.92. The summed E-state index contributed by atoms with van der Waals surface area (Å²) in [6.07, 6.45) is 0. The number of aryl methyl sites for hydroxylation is 1. The molecule has 1 aromatic carbocycles. The molecular weight excluding hydrogens is 260 g/mol. The van der Waals surface area contributed by atoms with Crippen molar-refractivity contribution in [2.45, 2.75) is 6.92 Å². The molecule has 0 aromatic heterocycles. The molecule has 0 atom stereocenters. The maximum absolute atomic E-state index is 11.8. The zero-order valence-electron chi connectivity index (χ0n) is 12.0. The van der Waals surface area contributed by atoms with Crippen molar-refractivity contribution in [3.8, 4) is 0 Å². The summed E-state index contributed by atoms with van der Waals surface area (Å²) in [5, 5.41) is 5.24. The standard InChI is InChI=1S/C14H20N2O4/c1-10-5-4-6-11(13(10)14(18)15-2)16-12(17)9-20-8-7-19-3/h4-6H,7-9H2,1-3H3,(H,15,18)(H,16,17). The van der Waals surface area contributed by atoms with Crippen LogP contribution in [0.5, 0.6) is 0 Å². The lowest BCUT2D eigenvalue weighted by atomic mass is 10.1. The van der Waals surface area contributed by atoms with Crippen LogP contribution in [0.1, 0.15) is 15.9 Å². The Bertz CT molecular complexity index is 474. The van der Waals surface area contributed by atoms with E-state index in [2.05, 4.69) is 10.6 Å². The number of rotatable bonds is 7. The molecule has 6 nitrogen and oxygen atoms in total. The van der Waals surface area contributed by atoms with Gasteiger partial charge in [-0.05, 0) is 18.6 Å². The summed E-state index contributed by atoms with van der Waals surface area (Å²) in [4.78, 5) is 23.6. The average molecular weight is 280 g/mol. The van der Waals surface area contributed by atoms with Crippen molar-refractivity contribution in [3.05, 3.63) is 29.3 Å². The molecule has 110 valence electrons. The highest BCUT2D eigenvalue weighted by atomic mass is 16.5. The fraction of sp³-hybridized carbons (Fsp3) is 0.429. The van der Waals surface area contributed by atoms with Crippen molar-refractivity contribution in [1.82, 2.24) is 5.32 Å². The highest BCUT2D eigenvalue weighted by molar-refractivity contribution is 6.04. The Kier molecular flexibility index (Phi) is 6.69. The highest BCUT2D eigenvalue weighted by Gasteiger charge is 2.14. The van der Waals surface area contributed by atoms with E-state index in [0.29, 0.717) is 24.5 Å². The van der Waals surface area contributed by atoms with E-state index in [1.54, 1.807) is 26.3 Å². The van der Waals surface area contributed by atoms with Gasteiger partial charge in [0.05, 0.1) is 24.5 Å². The SMILES string of the molecule is CNC(=O)c1c(C)cccc1NC(=O)COCCOC. The highest BCUT2D eigenvalue weighted by Crippen LogP contribution is 2.19. The lowest BCUT2D eigenvalue weighted by Gasteiger charge is -2.12. The molecular formula is C14H20N2O4. The summed E-state index contributed by atoms with van der Waals surface area (Å²) >= 11 is 0. The van der Waals surface area contributed by atoms with Gasteiger partial charge in [0.15, 0.2) is 0 Å². The molecule has 0 aliphatic rings. The summed E-state index contributed by atoms with van der Waals surface area (Å²) in [6.45, 7) is 2.51. The van der Waals surface area contributed by atoms with Crippen LogP contribution in [0.15, 0.2) is 18.2 Å². The number of carbonyl (C=O) groups is 2. The number of hydrogen-bond acceptors (Lipinski definition) is 4. The van der Waals surface area contributed by atoms with E-state index in [1.807, 2.05) is 13.0 Å². The second kappa shape index (κ2) is 8.29. The molecule has 0 unspecified atom stereocenters. The van der Waals surface area contributed by atoms with Crippen molar-refractivity contribution < 1.29 is 19.1 Å². The van der Waals surface area contributed by atoms with Crippen LogP contribution in [0.2, 0.25) is 0 Å². The van der Waals surface area contributed by atoms with Gasteiger partial charge in [-0.3, -0.25) is 9.59 Å². The van der Waals surface area contributed by atoms with Crippen LogP contribution in [0.4, 0.5) is 5.69 Å². The molecule has 0 fully saturated rings. The van der Waals surface area contributed by atoms with E-state index in [4.69, 9.17) is 9.47 Å². The van der Waals surface area contributed by atoms with Crippen molar-refractivity contribution in [2.75, 3.05) is 39.3 Å². The first-order valence-electron chi connectivity index (χ1n) is 6.28. The molecule has 0 spiro atoms. The molecule has 0 saturated carbocycles. The van der Waals surface area contributed by atoms with Gasteiger partial charge >= 0.3 is 0 Å². The van der Waals surface area contributed by atoms with Gasteiger partial charge < -0.3 is 20.1 Å². The summed E-state index contributed by atoms with van der Waals surface area (Å²) in [5.74, 6) is -0.546. The molecule has 6 heteroatoms. The number of nitrogens with one attached hydrogen (secondary N) is 2. The lowest BCUT2D eigenvalue weighted by Crippen LogP contribution is -2.24. The number of ether oxygens (including phenoxy) is 2. The second-order valence-electron chi connectivity index (χ2n) is 4.17. The molecule has 0 aliphatic heterocycles. The topological polar surface area (TPSA) is 76.7 Å². The maximum atomic E-state index is 11.8.